The normalized spacial score (nSPS) is 34.7. The molecule has 6 heteroatoms. The monoisotopic (exact) mass is 414 g/mol. The molecule has 3 nitrogen and oxygen atoms in total. The number of hydrogen-bond donors (Lipinski definition) is 1. The second kappa shape index (κ2) is 7.86. The van der Waals surface area contributed by atoms with E-state index in [1.165, 1.54) is 11.8 Å². The van der Waals surface area contributed by atoms with E-state index in [0.717, 1.165) is 17.1 Å². The molecule has 1 aliphatic heterocycles. The Morgan fingerprint density at radius 1 is 1.27 bits per heavy atom. The molecule has 0 aromatic carbocycles. The van der Waals surface area contributed by atoms with Crippen LogP contribution < -0.4 is 4.31 Å². The van der Waals surface area contributed by atoms with E-state index in [1.807, 2.05) is 13.0 Å². The van der Waals surface area contributed by atoms with Crippen LogP contribution in [0.4, 0.5) is 0 Å². The highest BCUT2D eigenvalue weighted by Crippen LogP contribution is 2.40. The van der Waals surface area contributed by atoms with Crippen molar-refractivity contribution in [2.45, 2.75) is 50.7 Å². The van der Waals surface area contributed by atoms with Gasteiger partial charge in [-0.3, -0.25) is 0 Å². The number of thioether (sulfide) groups is 1. The molecule has 4 rings (SSSR count). The molecule has 0 spiro atoms. The van der Waals surface area contributed by atoms with Gasteiger partial charge in [0.15, 0.2) is 4.58 Å². The summed E-state index contributed by atoms with van der Waals surface area (Å²) in [6.45, 7) is 6.99. The molecular weight excluding hydrogens is 386 g/mol. The first-order valence-corrected chi connectivity index (χ1v) is 12.2. The van der Waals surface area contributed by atoms with Crippen LogP contribution in [0.1, 0.15) is 40.0 Å². The lowest BCUT2D eigenvalue weighted by molar-refractivity contribution is -0.802. The highest BCUT2D eigenvalue weighted by Gasteiger charge is 2.48. The first-order chi connectivity index (χ1) is 12.3. The number of allylic oxidation sites excluding steroid dienone is 6. The van der Waals surface area contributed by atoms with Crippen LogP contribution in [0.25, 0.3) is 0 Å². The maximum atomic E-state index is 13.4. The summed E-state index contributed by atoms with van der Waals surface area (Å²) >= 11 is 7.36. The van der Waals surface area contributed by atoms with Crippen LogP contribution in [0.2, 0.25) is 0 Å². The van der Waals surface area contributed by atoms with Crippen LogP contribution in [0, 0.1) is 17.3 Å². The SMILES string of the molecule is CC[NH+](C1CC2C=CC1C(C)(C)C=CC=CC2)S(=O)(=O)C1CC=C(Cl)S1. The first-order valence-electron chi connectivity index (χ1n) is 9.40. The molecule has 144 valence electrons. The summed E-state index contributed by atoms with van der Waals surface area (Å²) in [5.41, 5.74) is -0.0948. The average molecular weight is 415 g/mol. The van der Waals surface area contributed by atoms with Gasteiger partial charge in [-0.05, 0) is 31.1 Å². The molecule has 0 radical (unpaired) electrons. The van der Waals surface area contributed by atoms with Crippen molar-refractivity contribution in [1.29, 1.82) is 0 Å². The number of quaternary nitrogens is 1. The van der Waals surface area contributed by atoms with Gasteiger partial charge in [0.05, 0.1) is 10.9 Å². The Bertz CT molecular complexity index is 752. The van der Waals surface area contributed by atoms with Crippen LogP contribution in [0.15, 0.2) is 46.9 Å². The van der Waals surface area contributed by atoms with Crippen molar-refractivity contribution in [3.63, 3.8) is 0 Å². The maximum Gasteiger partial charge on any atom is 0.308 e. The van der Waals surface area contributed by atoms with Gasteiger partial charge in [-0.25, -0.2) is 4.31 Å². The molecule has 0 saturated heterocycles. The molecule has 0 aromatic rings. The molecule has 0 aromatic heterocycles. The first kappa shape index (κ1) is 20.2. The van der Waals surface area contributed by atoms with Crippen molar-refractivity contribution in [3.8, 4) is 0 Å². The molecular formula is C20H29ClNO2S2+. The molecule has 0 fully saturated rings. The van der Waals surface area contributed by atoms with Crippen molar-refractivity contribution in [2.75, 3.05) is 6.54 Å². The fourth-order valence-electron chi connectivity index (χ4n) is 4.43. The smallest absolute Gasteiger partial charge is 0.226 e. The van der Waals surface area contributed by atoms with Gasteiger partial charge < -0.3 is 0 Å². The van der Waals surface area contributed by atoms with Crippen LogP contribution >= 0.6 is 23.4 Å². The predicted octanol–water partition coefficient (Wildman–Crippen LogP) is 3.87. The van der Waals surface area contributed by atoms with Crippen molar-refractivity contribution >= 4 is 33.4 Å². The lowest BCUT2D eigenvalue weighted by atomic mass is 9.68. The molecule has 0 amide bonds. The Morgan fingerprint density at radius 2 is 2.04 bits per heavy atom. The van der Waals surface area contributed by atoms with E-state index in [0.29, 0.717) is 23.2 Å². The summed E-state index contributed by atoms with van der Waals surface area (Å²) in [4.78, 5) is 0. The molecule has 5 unspecified atom stereocenters. The highest BCUT2D eigenvalue weighted by molar-refractivity contribution is 8.15. The summed E-state index contributed by atoms with van der Waals surface area (Å²) in [7, 11) is -3.34. The van der Waals surface area contributed by atoms with E-state index in [2.05, 4.69) is 50.3 Å². The number of halogens is 1. The number of rotatable bonds is 4. The Morgan fingerprint density at radius 3 is 2.69 bits per heavy atom. The van der Waals surface area contributed by atoms with Gasteiger partial charge >= 0.3 is 10.0 Å². The van der Waals surface area contributed by atoms with Gasteiger partial charge in [0, 0.05) is 12.3 Å². The maximum absolute atomic E-state index is 13.4. The molecule has 1 heterocycles. The summed E-state index contributed by atoms with van der Waals surface area (Å²) in [6, 6.07) is 0.0612. The van der Waals surface area contributed by atoms with E-state index in [1.54, 1.807) is 0 Å². The van der Waals surface area contributed by atoms with Gasteiger partial charge in [-0.1, -0.05) is 79.7 Å². The van der Waals surface area contributed by atoms with Crippen LogP contribution in [0.5, 0.6) is 0 Å². The second-order valence-corrected chi connectivity index (χ2v) is 12.4. The van der Waals surface area contributed by atoms with Gasteiger partial charge in [0.1, 0.15) is 6.04 Å². The summed E-state index contributed by atoms with van der Waals surface area (Å²) in [5.74, 6) is 0.602. The molecule has 26 heavy (non-hydrogen) atoms. The fourth-order valence-corrected chi connectivity index (χ4v) is 8.58. The standard InChI is InChI=1S/C20H28ClNO2S2/c1-4-22(26(23,24)19-12-11-18(21)25-19)17-14-15-8-6-5-7-13-20(2,3)16(17)10-9-15/h5-7,9-11,13,15-17,19H,4,8,12,14H2,1-3H3/p+1. The topological polar surface area (TPSA) is 38.6 Å². The van der Waals surface area contributed by atoms with Gasteiger partial charge in [-0.15, -0.1) is 0 Å². The summed E-state index contributed by atoms with van der Waals surface area (Å²) < 4.78 is 27.8. The van der Waals surface area contributed by atoms with Crippen molar-refractivity contribution < 1.29 is 12.7 Å². The average Bonchev–Trinajstić information content (AvgIpc) is 3.02. The fraction of sp³-hybridized carbons (Fsp3) is 0.600. The zero-order valence-electron chi connectivity index (χ0n) is 15.7. The van der Waals surface area contributed by atoms with Crippen LogP contribution in [-0.4, -0.2) is 25.6 Å². The van der Waals surface area contributed by atoms with Crippen molar-refractivity contribution in [3.05, 3.63) is 46.9 Å². The molecule has 5 atom stereocenters. The zero-order chi connectivity index (χ0) is 18.9. The molecule has 4 aliphatic rings. The zero-order valence-corrected chi connectivity index (χ0v) is 18.1. The highest BCUT2D eigenvalue weighted by atomic mass is 35.5. The van der Waals surface area contributed by atoms with E-state index < -0.39 is 14.6 Å². The number of hydrogen-bond acceptors (Lipinski definition) is 3. The molecule has 1 N–H and O–H groups in total. The van der Waals surface area contributed by atoms with Gasteiger partial charge in [0.2, 0.25) is 0 Å². The predicted molar refractivity (Wildman–Crippen MR) is 112 cm³/mol. The Labute approximate surface area is 167 Å². The Balaban J connectivity index is 1.96. The molecule has 2 bridgehead atoms. The van der Waals surface area contributed by atoms with E-state index >= 15 is 0 Å². The Hall–Kier alpha value is -0.490. The van der Waals surface area contributed by atoms with Crippen molar-refractivity contribution in [1.82, 2.24) is 0 Å². The third kappa shape index (κ3) is 4.01. The minimum absolute atomic E-state index is 0.0612. The summed E-state index contributed by atoms with van der Waals surface area (Å²) in [6.07, 6.45) is 17.4. The lowest BCUT2D eigenvalue weighted by Gasteiger charge is -2.42. The Kier molecular flexibility index (Phi) is 6.12. The third-order valence-electron chi connectivity index (χ3n) is 5.84. The minimum atomic E-state index is -3.34. The third-order valence-corrected chi connectivity index (χ3v) is 10.4. The molecule has 3 aliphatic carbocycles. The number of sulfonamides is 1. The summed E-state index contributed by atoms with van der Waals surface area (Å²) in [5, 5.41) is 0. The number of nitrogens with one attached hydrogen (secondary N) is 1. The number of fused-ring (bicyclic) bond motifs is 4. The van der Waals surface area contributed by atoms with Crippen molar-refractivity contribution in [2.24, 2.45) is 17.3 Å². The minimum Gasteiger partial charge on any atom is -0.226 e. The van der Waals surface area contributed by atoms with E-state index in [9.17, 15) is 8.42 Å². The van der Waals surface area contributed by atoms with Gasteiger partial charge in [0.25, 0.3) is 0 Å². The van der Waals surface area contributed by atoms with Crippen LogP contribution in [-0.2, 0) is 10.0 Å². The van der Waals surface area contributed by atoms with Gasteiger partial charge in [-0.2, -0.15) is 8.42 Å². The molecule has 0 saturated carbocycles. The van der Waals surface area contributed by atoms with E-state index in [-0.39, 0.29) is 17.4 Å². The quantitative estimate of drug-likeness (QED) is 0.709. The second-order valence-electron chi connectivity index (χ2n) is 8.01. The van der Waals surface area contributed by atoms with Crippen LogP contribution in [0.3, 0.4) is 0 Å². The van der Waals surface area contributed by atoms with E-state index in [4.69, 9.17) is 11.6 Å². The lowest BCUT2D eigenvalue weighted by Crippen LogP contribution is -3.19. The largest absolute Gasteiger partial charge is 0.308 e.